The number of carbonyl (C=O) groups is 2. The minimum atomic E-state index is -0.302. The molecule has 0 amide bonds. The second-order valence-corrected chi connectivity index (χ2v) is 5.75. The van der Waals surface area contributed by atoms with Gasteiger partial charge in [0.1, 0.15) is 0 Å². The minimum Gasteiger partial charge on any atom is -0.281 e. The maximum absolute atomic E-state index is 10.3. The van der Waals surface area contributed by atoms with E-state index in [1.54, 1.807) is 21.6 Å². The van der Waals surface area contributed by atoms with Gasteiger partial charge in [-0.15, -0.1) is 0 Å². The van der Waals surface area contributed by atoms with E-state index in [0.29, 0.717) is 12.8 Å². The number of carbonyl (C=O) groups excluding carboxylic acids is 2. The molecule has 13 heavy (non-hydrogen) atoms. The normalized spacial score (nSPS) is 10.0. The molecule has 0 saturated carbocycles. The van der Waals surface area contributed by atoms with E-state index < -0.39 is 0 Å². The monoisotopic (exact) mass is 260 g/mol. The summed E-state index contributed by atoms with van der Waals surface area (Å²) in [6.07, 6.45) is 1.60. The van der Waals surface area contributed by atoms with Crippen molar-refractivity contribution in [2.75, 3.05) is 11.5 Å². The van der Waals surface area contributed by atoms with Crippen molar-refractivity contribution < 1.29 is 9.59 Å². The fourth-order valence-electron chi connectivity index (χ4n) is 0.510. The highest BCUT2D eigenvalue weighted by atomic mass is 35.5. The molecule has 0 rings (SSSR count). The predicted octanol–water partition coefficient (Wildman–Crippen LogP) is 3.07. The van der Waals surface area contributed by atoms with Crippen LogP contribution in [0.3, 0.4) is 0 Å². The van der Waals surface area contributed by atoms with E-state index in [1.807, 2.05) is 0 Å². The van der Waals surface area contributed by atoms with Crippen molar-refractivity contribution in [3.8, 4) is 0 Å². The Morgan fingerprint density at radius 1 is 0.923 bits per heavy atom. The maximum Gasteiger partial charge on any atom is 0.222 e. The van der Waals surface area contributed by atoms with E-state index in [-0.39, 0.29) is 10.5 Å². The first-order valence-electron chi connectivity index (χ1n) is 3.74. The summed E-state index contributed by atoms with van der Waals surface area (Å²) in [4.78, 5) is 20.6. The summed E-state index contributed by atoms with van der Waals surface area (Å²) < 4.78 is 0. The first kappa shape index (κ1) is 13.6. The van der Waals surface area contributed by atoms with Gasteiger partial charge in [-0.2, -0.15) is 0 Å². The molecule has 76 valence electrons. The molecular weight excluding hydrogens is 251 g/mol. The van der Waals surface area contributed by atoms with Crippen LogP contribution in [0.2, 0.25) is 0 Å². The van der Waals surface area contributed by atoms with E-state index in [4.69, 9.17) is 23.2 Å². The van der Waals surface area contributed by atoms with E-state index >= 15 is 0 Å². The van der Waals surface area contributed by atoms with Crippen LogP contribution in [0.15, 0.2) is 0 Å². The first-order chi connectivity index (χ1) is 6.13. The Hall–Kier alpha value is 0.620. The molecule has 0 aliphatic carbocycles. The average molecular weight is 261 g/mol. The smallest absolute Gasteiger partial charge is 0.222 e. The quantitative estimate of drug-likeness (QED) is 0.382. The Labute approximate surface area is 95.5 Å². The largest absolute Gasteiger partial charge is 0.281 e. The molecule has 0 aromatic heterocycles. The van der Waals surface area contributed by atoms with Gasteiger partial charge in [0.25, 0.3) is 0 Å². The van der Waals surface area contributed by atoms with E-state index in [2.05, 4.69) is 0 Å². The summed E-state index contributed by atoms with van der Waals surface area (Å²) in [6, 6.07) is 0. The van der Waals surface area contributed by atoms with Crippen molar-refractivity contribution >= 4 is 55.3 Å². The zero-order valence-electron chi connectivity index (χ0n) is 6.92. The summed E-state index contributed by atoms with van der Waals surface area (Å²) in [7, 11) is 3.22. The molecule has 0 saturated heterocycles. The van der Waals surface area contributed by atoms with Crippen molar-refractivity contribution in [1.82, 2.24) is 0 Å². The van der Waals surface area contributed by atoms with Gasteiger partial charge < -0.3 is 0 Å². The lowest BCUT2D eigenvalue weighted by molar-refractivity contribution is -0.112. The Bertz CT molecular complexity index is 158. The number of halogens is 2. The van der Waals surface area contributed by atoms with Gasteiger partial charge in [-0.1, -0.05) is 21.6 Å². The Balaban J connectivity index is 3.00. The zero-order valence-corrected chi connectivity index (χ0v) is 10.1. The predicted molar refractivity (Wildman–Crippen MR) is 60.5 cm³/mol. The van der Waals surface area contributed by atoms with Crippen molar-refractivity contribution in [3.63, 3.8) is 0 Å². The Morgan fingerprint density at radius 2 is 1.46 bits per heavy atom. The summed E-state index contributed by atoms with van der Waals surface area (Å²) >= 11 is 10.3. The van der Waals surface area contributed by atoms with Gasteiger partial charge in [-0.25, -0.2) is 0 Å². The van der Waals surface area contributed by atoms with E-state index in [1.165, 1.54) is 0 Å². The summed E-state index contributed by atoms with van der Waals surface area (Å²) in [5, 5.41) is -0.592. The Kier molecular flexibility index (Phi) is 9.62. The topological polar surface area (TPSA) is 34.1 Å². The summed E-state index contributed by atoms with van der Waals surface area (Å²) in [6.45, 7) is 0. The van der Waals surface area contributed by atoms with Crippen LogP contribution in [0.25, 0.3) is 0 Å². The lowest BCUT2D eigenvalue weighted by Crippen LogP contribution is -1.89. The molecule has 6 heteroatoms. The molecule has 2 nitrogen and oxygen atoms in total. The molecule has 0 heterocycles. The third-order valence-corrected chi connectivity index (χ3v) is 3.94. The van der Waals surface area contributed by atoms with Crippen molar-refractivity contribution in [1.29, 1.82) is 0 Å². The van der Waals surface area contributed by atoms with E-state index in [0.717, 1.165) is 17.9 Å². The third-order valence-electron chi connectivity index (χ3n) is 1.07. The summed E-state index contributed by atoms with van der Waals surface area (Å²) in [5.41, 5.74) is 0. The van der Waals surface area contributed by atoms with Crippen LogP contribution in [-0.2, 0) is 9.59 Å². The first-order valence-corrected chi connectivity index (χ1v) is 6.98. The minimum absolute atomic E-state index is 0.290. The second-order valence-electron chi connectivity index (χ2n) is 2.21. The molecule has 0 unspecified atom stereocenters. The van der Waals surface area contributed by atoms with Crippen molar-refractivity contribution in [2.45, 2.75) is 19.3 Å². The molecule has 0 aliphatic heterocycles. The molecule has 0 atom stereocenters. The molecule has 0 spiro atoms. The molecular formula is C7H10Cl2O2S2. The highest BCUT2D eigenvalue weighted by Gasteiger charge is 1.98. The molecule has 0 radical (unpaired) electrons. The van der Waals surface area contributed by atoms with Crippen LogP contribution in [0.5, 0.6) is 0 Å². The van der Waals surface area contributed by atoms with Gasteiger partial charge in [0.2, 0.25) is 10.5 Å². The molecule has 0 bridgehead atoms. The third kappa shape index (κ3) is 12.6. The van der Waals surface area contributed by atoms with Crippen LogP contribution in [0.4, 0.5) is 0 Å². The van der Waals surface area contributed by atoms with Crippen LogP contribution in [-0.4, -0.2) is 22.0 Å². The zero-order chi connectivity index (χ0) is 10.1. The van der Waals surface area contributed by atoms with Crippen LogP contribution < -0.4 is 0 Å². The maximum atomic E-state index is 10.3. The molecule has 0 aromatic rings. The van der Waals surface area contributed by atoms with Gasteiger partial charge in [0.05, 0.1) is 0 Å². The fourth-order valence-corrected chi connectivity index (χ4v) is 2.93. The molecule has 0 aromatic carbocycles. The van der Waals surface area contributed by atoms with E-state index in [9.17, 15) is 9.59 Å². The fraction of sp³-hybridized carbons (Fsp3) is 0.714. The second kappa shape index (κ2) is 9.19. The van der Waals surface area contributed by atoms with Crippen LogP contribution in [0, 0.1) is 0 Å². The SMILES string of the molecule is O=C(Cl)CCCSSCCC(=O)Cl. The van der Waals surface area contributed by atoms with Gasteiger partial charge in [-0.3, -0.25) is 9.59 Å². The lowest BCUT2D eigenvalue weighted by Gasteiger charge is -1.97. The van der Waals surface area contributed by atoms with Gasteiger partial charge in [-0.05, 0) is 29.6 Å². The van der Waals surface area contributed by atoms with Crippen LogP contribution in [0.1, 0.15) is 19.3 Å². The van der Waals surface area contributed by atoms with Gasteiger partial charge >= 0.3 is 0 Å². The Morgan fingerprint density at radius 3 is 2.00 bits per heavy atom. The van der Waals surface area contributed by atoms with Gasteiger partial charge in [0, 0.05) is 24.3 Å². The van der Waals surface area contributed by atoms with Crippen LogP contribution >= 0.6 is 44.8 Å². The van der Waals surface area contributed by atoms with Crippen molar-refractivity contribution in [2.24, 2.45) is 0 Å². The highest BCUT2D eigenvalue weighted by molar-refractivity contribution is 8.76. The molecule has 0 N–H and O–H groups in total. The standard InChI is InChI=1S/C7H10Cl2O2S2/c8-6(10)2-1-4-12-13-5-3-7(9)11/h1-5H2. The lowest BCUT2D eigenvalue weighted by atomic mass is 10.4. The molecule has 0 aliphatic rings. The van der Waals surface area contributed by atoms with Gasteiger partial charge in [0.15, 0.2) is 0 Å². The summed E-state index contributed by atoms with van der Waals surface area (Å²) in [5.74, 6) is 1.60. The number of hydrogen-bond acceptors (Lipinski definition) is 4. The van der Waals surface area contributed by atoms with Crippen molar-refractivity contribution in [3.05, 3.63) is 0 Å². The average Bonchev–Trinajstić information content (AvgIpc) is 2.01. The number of hydrogen-bond donors (Lipinski definition) is 0. The molecule has 0 fully saturated rings. The highest BCUT2D eigenvalue weighted by Crippen LogP contribution is 2.23. The number of rotatable bonds is 8.